The molecule has 2 atom stereocenters. The fourth-order valence-electron chi connectivity index (χ4n) is 4.54. The van der Waals surface area contributed by atoms with Crippen LogP contribution in [-0.2, 0) is 23.8 Å². The highest BCUT2D eigenvalue weighted by Crippen LogP contribution is 2.34. The van der Waals surface area contributed by atoms with E-state index in [1.807, 2.05) is 60.7 Å². The van der Waals surface area contributed by atoms with Gasteiger partial charge in [-0.25, -0.2) is 14.4 Å². The Hall–Kier alpha value is -4.86. The van der Waals surface area contributed by atoms with Crippen LogP contribution in [0.25, 0.3) is 0 Å². The van der Waals surface area contributed by atoms with Gasteiger partial charge in [-0.05, 0) is 70.4 Å². The minimum atomic E-state index is -1.15. The highest BCUT2D eigenvalue weighted by molar-refractivity contribution is 5.95. The summed E-state index contributed by atoms with van der Waals surface area (Å²) in [5.41, 5.74) is 0.463. The molecule has 1 aliphatic heterocycles. The van der Waals surface area contributed by atoms with Crippen LogP contribution >= 0.6 is 0 Å². The number of benzene rings is 3. The zero-order valence-electron chi connectivity index (χ0n) is 25.7. The summed E-state index contributed by atoms with van der Waals surface area (Å²) in [6, 6.07) is 22.7. The Balaban J connectivity index is 1.59. The van der Waals surface area contributed by atoms with Crippen LogP contribution < -0.4 is 10.1 Å². The van der Waals surface area contributed by atoms with E-state index in [4.69, 9.17) is 18.9 Å². The van der Waals surface area contributed by atoms with E-state index in [0.717, 1.165) is 11.1 Å². The van der Waals surface area contributed by atoms with Crippen LogP contribution in [0.2, 0.25) is 0 Å². The Morgan fingerprint density at radius 3 is 1.75 bits per heavy atom. The molecule has 2 amide bonds. The Morgan fingerprint density at radius 1 is 0.750 bits per heavy atom. The predicted molar refractivity (Wildman–Crippen MR) is 162 cm³/mol. The first kappa shape index (κ1) is 32.1. The van der Waals surface area contributed by atoms with Crippen LogP contribution in [0.1, 0.15) is 70.4 Å². The highest BCUT2D eigenvalue weighted by Gasteiger charge is 2.46. The number of esters is 1. The molecule has 0 radical (unpaired) electrons. The molecular formula is C34H38N2O8. The van der Waals surface area contributed by atoms with Gasteiger partial charge in [0.05, 0.1) is 6.54 Å². The number of hydrogen-bond donors (Lipinski definition) is 1. The minimum absolute atomic E-state index is 0.0509. The number of carbonyl (C=O) groups excluding carboxylic acids is 4. The molecule has 1 N–H and O–H groups in total. The van der Waals surface area contributed by atoms with Gasteiger partial charge in [0, 0.05) is 0 Å². The Bertz CT molecular complexity index is 1420. The van der Waals surface area contributed by atoms with Crippen molar-refractivity contribution in [2.45, 2.75) is 70.9 Å². The smallest absolute Gasteiger partial charge is 0.451 e. The molecule has 10 heteroatoms. The lowest BCUT2D eigenvalue weighted by atomic mass is 9.97. The lowest BCUT2D eigenvalue weighted by Gasteiger charge is -2.43. The van der Waals surface area contributed by atoms with Crippen LogP contribution in [0, 0.1) is 0 Å². The largest absolute Gasteiger partial charge is 0.514 e. The van der Waals surface area contributed by atoms with E-state index in [2.05, 4.69) is 5.32 Å². The maximum absolute atomic E-state index is 14.0. The number of ether oxygens (including phenoxy) is 4. The summed E-state index contributed by atoms with van der Waals surface area (Å²) in [6.45, 7) is 10.4. The standard InChI is InChI=1S/C34H38N2O8/c1-33(2,3)43-31(39)35-26-21-36(29(26)37)27(22-17-19-25(20-18-22)41-32(40)44-34(4,5)6)30(38)42-28(23-13-9-7-10-14-23)24-15-11-8-12-16-24/h7-20,26-28H,21H2,1-6H3,(H,35,39)/t26-,27+/m0/s1. The van der Waals surface area contributed by atoms with E-state index in [1.165, 1.54) is 17.0 Å². The number of amides is 2. The second kappa shape index (κ2) is 13.2. The summed E-state index contributed by atoms with van der Waals surface area (Å²) in [7, 11) is 0. The number of carbonyl (C=O) groups is 4. The number of β-lactam (4-membered cyclic amide) rings is 1. The Labute approximate surface area is 257 Å². The molecule has 1 fully saturated rings. The average molecular weight is 603 g/mol. The third-order valence-electron chi connectivity index (χ3n) is 6.41. The number of hydrogen-bond acceptors (Lipinski definition) is 8. The summed E-state index contributed by atoms with van der Waals surface area (Å²) in [5.74, 6) is -0.948. The maximum atomic E-state index is 14.0. The fraction of sp³-hybridized carbons (Fsp3) is 0.353. The topological polar surface area (TPSA) is 120 Å². The van der Waals surface area contributed by atoms with Gasteiger partial charge in [0.2, 0.25) is 5.91 Å². The second-order valence-corrected chi connectivity index (χ2v) is 12.4. The van der Waals surface area contributed by atoms with Gasteiger partial charge in [-0.3, -0.25) is 4.79 Å². The van der Waals surface area contributed by atoms with E-state index >= 15 is 0 Å². The molecule has 1 aliphatic rings. The van der Waals surface area contributed by atoms with E-state index in [0.29, 0.717) is 5.56 Å². The van der Waals surface area contributed by atoms with Crippen molar-refractivity contribution in [3.63, 3.8) is 0 Å². The van der Waals surface area contributed by atoms with Gasteiger partial charge in [-0.15, -0.1) is 0 Å². The Morgan fingerprint density at radius 2 is 1.27 bits per heavy atom. The number of nitrogens with one attached hydrogen (secondary N) is 1. The lowest BCUT2D eigenvalue weighted by Crippen LogP contribution is -2.65. The van der Waals surface area contributed by atoms with Crippen molar-refractivity contribution < 1.29 is 38.1 Å². The van der Waals surface area contributed by atoms with Gasteiger partial charge in [0.1, 0.15) is 23.0 Å². The van der Waals surface area contributed by atoms with Crippen LogP contribution in [0.4, 0.5) is 9.59 Å². The van der Waals surface area contributed by atoms with Gasteiger partial charge >= 0.3 is 18.2 Å². The highest BCUT2D eigenvalue weighted by atomic mass is 16.7. The van der Waals surface area contributed by atoms with E-state index < -0.39 is 53.5 Å². The molecule has 3 aromatic carbocycles. The lowest BCUT2D eigenvalue weighted by molar-refractivity contribution is -0.165. The molecular weight excluding hydrogens is 564 g/mol. The normalized spacial score (nSPS) is 15.6. The minimum Gasteiger partial charge on any atom is -0.451 e. The SMILES string of the molecule is CC(C)(C)OC(=O)N[C@H]1CN([C@@H](C(=O)OC(c2ccccc2)c2ccccc2)c2ccc(OC(=O)OC(C)(C)C)cc2)C1=O. The molecule has 0 spiro atoms. The third-order valence-corrected chi connectivity index (χ3v) is 6.41. The number of likely N-dealkylation sites (tertiary alicyclic amines) is 1. The van der Waals surface area contributed by atoms with E-state index in [9.17, 15) is 19.2 Å². The summed E-state index contributed by atoms with van der Waals surface area (Å²) < 4.78 is 21.9. The molecule has 44 heavy (non-hydrogen) atoms. The average Bonchev–Trinajstić information content (AvgIpc) is 2.94. The predicted octanol–water partition coefficient (Wildman–Crippen LogP) is 6.11. The van der Waals surface area contributed by atoms with Gasteiger partial charge in [-0.1, -0.05) is 72.8 Å². The molecule has 0 aliphatic carbocycles. The first-order chi connectivity index (χ1) is 20.7. The second-order valence-electron chi connectivity index (χ2n) is 12.4. The van der Waals surface area contributed by atoms with Crippen LogP contribution in [0.3, 0.4) is 0 Å². The first-order valence-corrected chi connectivity index (χ1v) is 14.3. The van der Waals surface area contributed by atoms with Crippen LogP contribution in [-0.4, -0.2) is 52.8 Å². The monoisotopic (exact) mass is 602 g/mol. The van der Waals surface area contributed by atoms with Crippen LogP contribution in [0.5, 0.6) is 5.75 Å². The first-order valence-electron chi connectivity index (χ1n) is 14.3. The number of alkyl carbamates (subject to hydrolysis) is 1. The van der Waals surface area contributed by atoms with Crippen molar-refractivity contribution in [3.8, 4) is 5.75 Å². The fourth-order valence-corrected chi connectivity index (χ4v) is 4.54. The van der Waals surface area contributed by atoms with Crippen molar-refractivity contribution in [2.75, 3.05) is 6.54 Å². The molecule has 3 aromatic rings. The molecule has 0 saturated carbocycles. The van der Waals surface area contributed by atoms with Crippen molar-refractivity contribution in [1.82, 2.24) is 10.2 Å². The molecule has 1 heterocycles. The maximum Gasteiger partial charge on any atom is 0.514 e. The third kappa shape index (κ3) is 8.59. The number of nitrogens with zero attached hydrogens (tertiary/aromatic N) is 1. The molecule has 1 saturated heterocycles. The zero-order chi connectivity index (χ0) is 32.1. The molecule has 232 valence electrons. The molecule has 0 aromatic heterocycles. The van der Waals surface area contributed by atoms with Gasteiger partial charge in [0.15, 0.2) is 12.1 Å². The van der Waals surface area contributed by atoms with Crippen molar-refractivity contribution in [2.24, 2.45) is 0 Å². The Kier molecular flexibility index (Phi) is 9.62. The van der Waals surface area contributed by atoms with Gasteiger partial charge < -0.3 is 29.2 Å². The van der Waals surface area contributed by atoms with Crippen molar-refractivity contribution in [1.29, 1.82) is 0 Å². The summed E-state index contributed by atoms with van der Waals surface area (Å²) in [5, 5.41) is 2.56. The summed E-state index contributed by atoms with van der Waals surface area (Å²) in [4.78, 5) is 53.1. The van der Waals surface area contributed by atoms with E-state index in [-0.39, 0.29) is 12.3 Å². The van der Waals surface area contributed by atoms with Crippen molar-refractivity contribution >= 4 is 24.1 Å². The zero-order valence-corrected chi connectivity index (χ0v) is 25.7. The summed E-state index contributed by atoms with van der Waals surface area (Å²) >= 11 is 0. The van der Waals surface area contributed by atoms with Crippen LogP contribution in [0.15, 0.2) is 84.9 Å². The quantitative estimate of drug-likeness (QED) is 0.142. The molecule has 0 unspecified atom stereocenters. The molecule has 0 bridgehead atoms. The van der Waals surface area contributed by atoms with E-state index in [1.54, 1.807) is 53.7 Å². The van der Waals surface area contributed by atoms with Gasteiger partial charge in [-0.2, -0.15) is 0 Å². The molecule has 10 nitrogen and oxygen atoms in total. The summed E-state index contributed by atoms with van der Waals surface area (Å²) in [6.07, 6.45) is -2.34. The van der Waals surface area contributed by atoms with Crippen molar-refractivity contribution in [3.05, 3.63) is 102 Å². The number of rotatable bonds is 8. The molecule has 4 rings (SSSR count). The van der Waals surface area contributed by atoms with Gasteiger partial charge in [0.25, 0.3) is 0 Å².